The van der Waals surface area contributed by atoms with E-state index in [1.165, 1.54) is 50.5 Å². The largest absolute Gasteiger partial charge is 0.316 e. The summed E-state index contributed by atoms with van der Waals surface area (Å²) in [6.45, 7) is 6.83. The molecular weight excluding hydrogens is 230 g/mol. The van der Waals surface area contributed by atoms with Gasteiger partial charge in [0.2, 0.25) is 0 Å². The van der Waals surface area contributed by atoms with E-state index in [1.807, 2.05) is 0 Å². The lowest BCUT2D eigenvalue weighted by molar-refractivity contribution is 0.346. The molecule has 0 saturated heterocycles. The molecule has 0 amide bonds. The Morgan fingerprint density at radius 3 is 2.37 bits per heavy atom. The molecule has 0 radical (unpaired) electrons. The molecule has 0 aliphatic heterocycles. The van der Waals surface area contributed by atoms with Gasteiger partial charge in [0.05, 0.1) is 0 Å². The summed E-state index contributed by atoms with van der Waals surface area (Å²) >= 11 is 0. The van der Waals surface area contributed by atoms with Crippen LogP contribution in [-0.2, 0) is 5.41 Å². The molecular formula is C18H29N. The predicted molar refractivity (Wildman–Crippen MR) is 83.7 cm³/mol. The van der Waals surface area contributed by atoms with E-state index in [0.29, 0.717) is 5.41 Å². The van der Waals surface area contributed by atoms with Crippen molar-refractivity contribution in [2.24, 2.45) is 0 Å². The van der Waals surface area contributed by atoms with E-state index in [0.717, 1.165) is 13.1 Å². The van der Waals surface area contributed by atoms with Gasteiger partial charge in [-0.3, -0.25) is 0 Å². The fraction of sp³-hybridized carbons (Fsp3) is 0.667. The van der Waals surface area contributed by atoms with Gasteiger partial charge in [0, 0.05) is 12.0 Å². The van der Waals surface area contributed by atoms with Crippen LogP contribution in [0.1, 0.15) is 63.0 Å². The summed E-state index contributed by atoms with van der Waals surface area (Å²) in [5.74, 6) is 0. The van der Waals surface area contributed by atoms with E-state index in [-0.39, 0.29) is 0 Å². The van der Waals surface area contributed by atoms with Crippen molar-refractivity contribution in [1.82, 2.24) is 5.32 Å². The SMILES string of the molecule is CCCNCC1(c2ccccc2C)CCCCCC1. The van der Waals surface area contributed by atoms with Gasteiger partial charge in [0.15, 0.2) is 0 Å². The minimum absolute atomic E-state index is 0.386. The highest BCUT2D eigenvalue weighted by Crippen LogP contribution is 2.39. The van der Waals surface area contributed by atoms with Crippen LogP contribution < -0.4 is 5.32 Å². The van der Waals surface area contributed by atoms with Crippen LogP contribution in [0, 0.1) is 6.92 Å². The molecule has 0 spiro atoms. The average molecular weight is 259 g/mol. The lowest BCUT2D eigenvalue weighted by Gasteiger charge is -2.35. The topological polar surface area (TPSA) is 12.0 Å². The molecule has 0 atom stereocenters. The van der Waals surface area contributed by atoms with Gasteiger partial charge in [-0.05, 0) is 43.9 Å². The van der Waals surface area contributed by atoms with Gasteiger partial charge in [-0.15, -0.1) is 0 Å². The van der Waals surface area contributed by atoms with Crippen LogP contribution in [0.25, 0.3) is 0 Å². The summed E-state index contributed by atoms with van der Waals surface area (Å²) in [7, 11) is 0. The third-order valence-corrected chi connectivity index (χ3v) is 4.67. The Hall–Kier alpha value is -0.820. The van der Waals surface area contributed by atoms with Gasteiger partial charge in [0.1, 0.15) is 0 Å². The van der Waals surface area contributed by atoms with Crippen molar-refractivity contribution in [3.05, 3.63) is 35.4 Å². The maximum Gasteiger partial charge on any atom is 0.00804 e. The first-order chi connectivity index (χ1) is 9.28. The minimum atomic E-state index is 0.386. The van der Waals surface area contributed by atoms with Crippen LogP contribution in [0.5, 0.6) is 0 Å². The van der Waals surface area contributed by atoms with Crippen LogP contribution in [0.4, 0.5) is 0 Å². The first-order valence-electron chi connectivity index (χ1n) is 8.05. The van der Waals surface area contributed by atoms with Gasteiger partial charge in [0.25, 0.3) is 0 Å². The normalized spacial score (nSPS) is 19.1. The smallest absolute Gasteiger partial charge is 0.00804 e. The second-order valence-electron chi connectivity index (χ2n) is 6.19. The van der Waals surface area contributed by atoms with Crippen molar-refractivity contribution in [2.75, 3.05) is 13.1 Å². The zero-order chi connectivity index (χ0) is 13.6. The maximum absolute atomic E-state index is 3.70. The van der Waals surface area contributed by atoms with Gasteiger partial charge in [-0.25, -0.2) is 0 Å². The predicted octanol–water partition coefficient (Wildman–Crippen LogP) is 4.59. The van der Waals surface area contributed by atoms with Crippen molar-refractivity contribution in [1.29, 1.82) is 0 Å². The number of aryl methyl sites for hydroxylation is 1. The zero-order valence-corrected chi connectivity index (χ0v) is 12.7. The molecule has 1 saturated carbocycles. The highest BCUT2D eigenvalue weighted by atomic mass is 14.9. The fourth-order valence-electron chi connectivity index (χ4n) is 3.62. The van der Waals surface area contributed by atoms with Crippen LogP contribution in [0.3, 0.4) is 0 Å². The number of benzene rings is 1. The second kappa shape index (κ2) is 7.09. The molecule has 0 heterocycles. The molecule has 1 heteroatoms. The summed E-state index contributed by atoms with van der Waals surface area (Å²) in [4.78, 5) is 0. The lowest BCUT2D eigenvalue weighted by atomic mass is 9.72. The summed E-state index contributed by atoms with van der Waals surface area (Å²) in [6.07, 6.45) is 9.56. The van der Waals surface area contributed by atoms with Crippen molar-refractivity contribution < 1.29 is 0 Å². The van der Waals surface area contributed by atoms with Crippen molar-refractivity contribution >= 4 is 0 Å². The quantitative estimate of drug-likeness (QED) is 0.602. The van der Waals surface area contributed by atoms with E-state index in [1.54, 1.807) is 5.56 Å². The third kappa shape index (κ3) is 3.60. The van der Waals surface area contributed by atoms with Gasteiger partial charge in [-0.2, -0.15) is 0 Å². The molecule has 0 unspecified atom stereocenters. The first kappa shape index (κ1) is 14.6. The first-order valence-corrected chi connectivity index (χ1v) is 8.05. The molecule has 106 valence electrons. The summed E-state index contributed by atoms with van der Waals surface area (Å²) in [5, 5.41) is 3.70. The molecule has 1 aliphatic carbocycles. The van der Waals surface area contributed by atoms with Crippen LogP contribution >= 0.6 is 0 Å². The Bertz CT molecular complexity index is 375. The average Bonchev–Trinajstić information content (AvgIpc) is 2.66. The van der Waals surface area contributed by atoms with E-state index in [9.17, 15) is 0 Å². The van der Waals surface area contributed by atoms with E-state index in [2.05, 4.69) is 43.4 Å². The standard InChI is InChI=1S/C18H29N/c1-3-14-19-15-18(12-8-4-5-9-13-18)17-11-7-6-10-16(17)2/h6-7,10-11,19H,3-5,8-9,12-15H2,1-2H3. The number of nitrogens with one attached hydrogen (secondary N) is 1. The van der Waals surface area contributed by atoms with Gasteiger partial charge >= 0.3 is 0 Å². The van der Waals surface area contributed by atoms with E-state index >= 15 is 0 Å². The lowest BCUT2D eigenvalue weighted by Crippen LogP contribution is -2.38. The summed E-state index contributed by atoms with van der Waals surface area (Å²) in [5.41, 5.74) is 3.46. The Balaban J connectivity index is 2.24. The Morgan fingerprint density at radius 1 is 1.05 bits per heavy atom. The van der Waals surface area contributed by atoms with E-state index < -0.39 is 0 Å². The number of hydrogen-bond acceptors (Lipinski definition) is 1. The fourth-order valence-corrected chi connectivity index (χ4v) is 3.62. The number of hydrogen-bond donors (Lipinski definition) is 1. The van der Waals surface area contributed by atoms with Gasteiger partial charge < -0.3 is 5.32 Å². The molecule has 0 bridgehead atoms. The zero-order valence-electron chi connectivity index (χ0n) is 12.7. The highest BCUT2D eigenvalue weighted by Gasteiger charge is 2.33. The molecule has 1 nitrogen and oxygen atoms in total. The Morgan fingerprint density at radius 2 is 1.74 bits per heavy atom. The monoisotopic (exact) mass is 259 g/mol. The van der Waals surface area contributed by atoms with Gasteiger partial charge in [-0.1, -0.05) is 56.9 Å². The molecule has 2 rings (SSSR count). The van der Waals surface area contributed by atoms with Crippen LogP contribution in [-0.4, -0.2) is 13.1 Å². The molecule has 1 fully saturated rings. The Labute approximate surface area is 118 Å². The molecule has 1 aliphatic rings. The summed E-state index contributed by atoms with van der Waals surface area (Å²) in [6, 6.07) is 9.04. The van der Waals surface area contributed by atoms with Crippen molar-refractivity contribution in [2.45, 2.75) is 64.2 Å². The number of rotatable bonds is 5. The van der Waals surface area contributed by atoms with Crippen LogP contribution in [0.15, 0.2) is 24.3 Å². The molecule has 1 aromatic rings. The molecule has 1 aromatic carbocycles. The molecule has 0 aromatic heterocycles. The molecule has 1 N–H and O–H groups in total. The highest BCUT2D eigenvalue weighted by molar-refractivity contribution is 5.34. The minimum Gasteiger partial charge on any atom is -0.316 e. The van der Waals surface area contributed by atoms with Crippen molar-refractivity contribution in [3.8, 4) is 0 Å². The van der Waals surface area contributed by atoms with Crippen molar-refractivity contribution in [3.63, 3.8) is 0 Å². The summed E-state index contributed by atoms with van der Waals surface area (Å²) < 4.78 is 0. The Kier molecular flexibility index (Phi) is 5.45. The second-order valence-corrected chi connectivity index (χ2v) is 6.19. The molecule has 19 heavy (non-hydrogen) atoms. The maximum atomic E-state index is 3.70. The third-order valence-electron chi connectivity index (χ3n) is 4.67. The van der Waals surface area contributed by atoms with E-state index in [4.69, 9.17) is 0 Å². The van der Waals surface area contributed by atoms with Crippen LogP contribution in [0.2, 0.25) is 0 Å².